The van der Waals surface area contributed by atoms with Crippen molar-refractivity contribution in [2.75, 3.05) is 13.2 Å². The maximum atomic E-state index is 10.7. The van der Waals surface area contributed by atoms with Crippen LogP contribution in [0.3, 0.4) is 0 Å². The molecule has 5 heteroatoms. The Bertz CT molecular complexity index is 405. The van der Waals surface area contributed by atoms with Crippen LogP contribution in [0.5, 0.6) is 5.75 Å². The first-order chi connectivity index (χ1) is 8.13. The van der Waals surface area contributed by atoms with Crippen LogP contribution in [0.25, 0.3) is 0 Å². The van der Waals surface area contributed by atoms with E-state index in [4.69, 9.17) is 32.7 Å². The lowest BCUT2D eigenvalue weighted by atomic mass is 10.3. The molecule has 1 aromatic rings. The summed E-state index contributed by atoms with van der Waals surface area (Å²) in [5.41, 5.74) is 0. The molecule has 92 valence electrons. The molecular weight excluding hydrogens is 263 g/mol. The van der Waals surface area contributed by atoms with Gasteiger partial charge in [-0.3, -0.25) is 0 Å². The highest BCUT2D eigenvalue weighted by Crippen LogP contribution is 2.27. The minimum absolute atomic E-state index is 0.288. The van der Waals surface area contributed by atoms with E-state index in [2.05, 4.69) is 6.58 Å². The Balaban J connectivity index is 2.26. The van der Waals surface area contributed by atoms with Gasteiger partial charge < -0.3 is 9.47 Å². The average Bonchev–Trinajstić information content (AvgIpc) is 2.30. The molecule has 0 fully saturated rings. The number of carbonyl (C=O) groups is 1. The van der Waals surface area contributed by atoms with Crippen molar-refractivity contribution in [2.45, 2.75) is 6.42 Å². The van der Waals surface area contributed by atoms with Crippen LogP contribution in [-0.4, -0.2) is 19.2 Å². The topological polar surface area (TPSA) is 35.5 Å². The van der Waals surface area contributed by atoms with E-state index in [1.807, 2.05) is 0 Å². The summed E-state index contributed by atoms with van der Waals surface area (Å²) in [6.45, 7) is 3.99. The fourth-order valence-corrected chi connectivity index (χ4v) is 1.53. The van der Waals surface area contributed by atoms with E-state index >= 15 is 0 Å². The van der Waals surface area contributed by atoms with Crippen LogP contribution in [0.1, 0.15) is 6.42 Å². The van der Waals surface area contributed by atoms with Crippen LogP contribution in [-0.2, 0) is 9.53 Å². The number of esters is 1. The van der Waals surface area contributed by atoms with E-state index in [1.54, 1.807) is 18.2 Å². The van der Waals surface area contributed by atoms with Gasteiger partial charge in [-0.15, -0.1) is 0 Å². The van der Waals surface area contributed by atoms with Gasteiger partial charge in [-0.05, 0) is 18.2 Å². The van der Waals surface area contributed by atoms with Crippen molar-refractivity contribution >= 4 is 29.2 Å². The first-order valence-corrected chi connectivity index (χ1v) is 5.76. The van der Waals surface area contributed by atoms with Crippen molar-refractivity contribution in [3.63, 3.8) is 0 Å². The van der Waals surface area contributed by atoms with Crippen molar-refractivity contribution in [1.82, 2.24) is 0 Å². The summed E-state index contributed by atoms with van der Waals surface area (Å²) in [5, 5.41) is 1.02. The average molecular weight is 275 g/mol. The van der Waals surface area contributed by atoms with Crippen LogP contribution in [0.4, 0.5) is 0 Å². The summed E-state index contributed by atoms with van der Waals surface area (Å²) in [6.07, 6.45) is 1.70. The number of hydrogen-bond donors (Lipinski definition) is 0. The molecular formula is C12H12Cl2O3. The highest BCUT2D eigenvalue weighted by Gasteiger charge is 2.02. The maximum Gasteiger partial charge on any atom is 0.330 e. The van der Waals surface area contributed by atoms with Crippen LogP contribution in [0, 0.1) is 0 Å². The van der Waals surface area contributed by atoms with Crippen LogP contribution >= 0.6 is 23.2 Å². The lowest BCUT2D eigenvalue weighted by Gasteiger charge is -2.08. The molecule has 0 aromatic heterocycles. The first kappa shape index (κ1) is 13.9. The fourth-order valence-electron chi connectivity index (χ4n) is 1.07. The van der Waals surface area contributed by atoms with Gasteiger partial charge in [0.25, 0.3) is 0 Å². The minimum Gasteiger partial charge on any atom is -0.492 e. The van der Waals surface area contributed by atoms with E-state index in [9.17, 15) is 4.79 Å². The van der Waals surface area contributed by atoms with Gasteiger partial charge in [0.1, 0.15) is 5.75 Å². The number of halogens is 2. The molecule has 3 nitrogen and oxygen atoms in total. The van der Waals surface area contributed by atoms with Crippen molar-refractivity contribution in [3.05, 3.63) is 40.9 Å². The zero-order valence-electron chi connectivity index (χ0n) is 9.12. The molecule has 0 bridgehead atoms. The summed E-state index contributed by atoms with van der Waals surface area (Å²) < 4.78 is 10.2. The highest BCUT2D eigenvalue weighted by molar-refractivity contribution is 6.35. The van der Waals surface area contributed by atoms with Crippen molar-refractivity contribution in [3.8, 4) is 5.75 Å². The number of rotatable bonds is 6. The van der Waals surface area contributed by atoms with Gasteiger partial charge in [0.05, 0.1) is 18.2 Å². The SMILES string of the molecule is C=CC(=O)OCCCOc1ccc(Cl)cc1Cl. The molecule has 0 unspecified atom stereocenters. The lowest BCUT2D eigenvalue weighted by molar-refractivity contribution is -0.137. The molecule has 0 N–H and O–H groups in total. The lowest BCUT2D eigenvalue weighted by Crippen LogP contribution is -2.06. The molecule has 17 heavy (non-hydrogen) atoms. The van der Waals surface area contributed by atoms with E-state index in [0.29, 0.717) is 28.8 Å². The standard InChI is InChI=1S/C12H12Cl2O3/c1-2-12(15)17-7-3-6-16-11-5-4-9(13)8-10(11)14/h2,4-5,8H,1,3,6-7H2. The minimum atomic E-state index is -0.436. The number of carbonyl (C=O) groups excluding carboxylic acids is 1. The van der Waals surface area contributed by atoms with E-state index in [-0.39, 0.29) is 6.61 Å². The van der Waals surface area contributed by atoms with Crippen LogP contribution in [0.2, 0.25) is 10.0 Å². The van der Waals surface area contributed by atoms with E-state index in [1.165, 1.54) is 0 Å². The molecule has 0 spiro atoms. The second kappa shape index (κ2) is 7.20. The Hall–Kier alpha value is -1.19. The molecule has 0 amide bonds. The van der Waals surface area contributed by atoms with Gasteiger partial charge in [0.15, 0.2) is 0 Å². The molecule has 1 aromatic carbocycles. The summed E-state index contributed by atoms with van der Waals surface area (Å²) in [5.74, 6) is 0.126. The van der Waals surface area contributed by atoms with E-state index < -0.39 is 5.97 Å². The third-order valence-corrected chi connectivity index (χ3v) is 2.38. The van der Waals surface area contributed by atoms with Gasteiger partial charge in [-0.25, -0.2) is 4.79 Å². The second-order valence-corrected chi connectivity index (χ2v) is 3.99. The smallest absolute Gasteiger partial charge is 0.330 e. The predicted molar refractivity (Wildman–Crippen MR) is 67.7 cm³/mol. The van der Waals surface area contributed by atoms with Gasteiger partial charge in [0, 0.05) is 17.5 Å². The van der Waals surface area contributed by atoms with Crippen molar-refractivity contribution < 1.29 is 14.3 Å². The normalized spacial score (nSPS) is 9.76. The fraction of sp³-hybridized carbons (Fsp3) is 0.250. The Morgan fingerprint density at radius 1 is 1.35 bits per heavy atom. The zero-order valence-corrected chi connectivity index (χ0v) is 10.6. The summed E-state index contributed by atoms with van der Waals surface area (Å²) in [4.78, 5) is 10.7. The van der Waals surface area contributed by atoms with E-state index in [0.717, 1.165) is 6.08 Å². The van der Waals surface area contributed by atoms with Crippen molar-refractivity contribution in [1.29, 1.82) is 0 Å². The van der Waals surface area contributed by atoms with Crippen molar-refractivity contribution in [2.24, 2.45) is 0 Å². The summed E-state index contributed by atoms with van der Waals surface area (Å²) in [7, 11) is 0. The zero-order chi connectivity index (χ0) is 12.7. The third-order valence-electron chi connectivity index (χ3n) is 1.85. The van der Waals surface area contributed by atoms with Gasteiger partial charge in [-0.1, -0.05) is 29.8 Å². The van der Waals surface area contributed by atoms with Crippen LogP contribution in [0.15, 0.2) is 30.9 Å². The van der Waals surface area contributed by atoms with Gasteiger partial charge in [-0.2, -0.15) is 0 Å². The summed E-state index contributed by atoms with van der Waals surface area (Å²) >= 11 is 11.7. The Morgan fingerprint density at radius 2 is 2.12 bits per heavy atom. The molecule has 0 saturated heterocycles. The highest BCUT2D eigenvalue weighted by atomic mass is 35.5. The van der Waals surface area contributed by atoms with Gasteiger partial charge >= 0.3 is 5.97 Å². The first-order valence-electron chi connectivity index (χ1n) is 5.00. The Morgan fingerprint density at radius 3 is 2.76 bits per heavy atom. The van der Waals surface area contributed by atoms with Gasteiger partial charge in [0.2, 0.25) is 0 Å². The number of hydrogen-bond acceptors (Lipinski definition) is 3. The molecule has 0 heterocycles. The molecule has 0 radical (unpaired) electrons. The Kier molecular flexibility index (Phi) is 5.87. The molecule has 1 rings (SSSR count). The maximum absolute atomic E-state index is 10.7. The quantitative estimate of drug-likeness (QED) is 0.453. The molecule has 0 saturated carbocycles. The second-order valence-electron chi connectivity index (χ2n) is 3.15. The number of benzene rings is 1. The predicted octanol–water partition coefficient (Wildman–Crippen LogP) is 3.49. The third kappa shape index (κ3) is 5.11. The summed E-state index contributed by atoms with van der Waals surface area (Å²) in [6, 6.07) is 5.00. The Labute approximate surface area is 110 Å². The molecule has 0 atom stereocenters. The largest absolute Gasteiger partial charge is 0.492 e. The molecule has 0 aliphatic rings. The number of ether oxygens (including phenoxy) is 2. The van der Waals surface area contributed by atoms with Crippen LogP contribution < -0.4 is 4.74 Å². The monoisotopic (exact) mass is 274 g/mol. The molecule has 0 aliphatic heterocycles. The molecule has 0 aliphatic carbocycles.